The van der Waals surface area contributed by atoms with Crippen LogP contribution in [0.3, 0.4) is 0 Å². The lowest BCUT2D eigenvalue weighted by atomic mass is 9.94. The maximum Gasteiger partial charge on any atom is 0.573 e. The highest BCUT2D eigenvalue weighted by Crippen LogP contribution is 2.37. The second-order valence-electron chi connectivity index (χ2n) is 11.9. The quantitative estimate of drug-likeness (QED) is 0.0600. The summed E-state index contributed by atoms with van der Waals surface area (Å²) in [5.41, 5.74) is 11.1. The average molecular weight is 1300 g/mol. The summed E-state index contributed by atoms with van der Waals surface area (Å²) in [5, 5.41) is 0. The molecular formula is C41H27F6I5O2. The van der Waals surface area contributed by atoms with Gasteiger partial charge in [-0.1, -0.05) is 85.5 Å². The van der Waals surface area contributed by atoms with E-state index in [-0.39, 0.29) is 11.5 Å². The van der Waals surface area contributed by atoms with Crippen molar-refractivity contribution in [3.05, 3.63) is 156 Å². The van der Waals surface area contributed by atoms with Gasteiger partial charge in [-0.15, -0.1) is 26.3 Å². The van der Waals surface area contributed by atoms with Crippen LogP contribution in [-0.2, 0) is 11.2 Å². The summed E-state index contributed by atoms with van der Waals surface area (Å²) in [6.45, 7) is 7.37. The van der Waals surface area contributed by atoms with Crippen LogP contribution in [0.5, 0.6) is 5.75 Å². The molecule has 5 aromatic rings. The van der Waals surface area contributed by atoms with Gasteiger partial charge in [-0.2, -0.15) is 0 Å². The number of ether oxygens (including phenoxy) is 2. The summed E-state index contributed by atoms with van der Waals surface area (Å²) >= 11 is 11.3. The van der Waals surface area contributed by atoms with Crippen LogP contribution in [0.4, 0.5) is 26.3 Å². The number of halogens is 11. The van der Waals surface area contributed by atoms with Gasteiger partial charge in [-0.25, -0.2) is 0 Å². The molecular weight excluding hydrogens is 1270 g/mol. The molecule has 0 aliphatic rings. The molecule has 0 aliphatic carbocycles. The fourth-order valence-electron chi connectivity index (χ4n) is 5.64. The van der Waals surface area contributed by atoms with Crippen molar-refractivity contribution in [2.75, 3.05) is 0 Å². The predicted octanol–water partition coefficient (Wildman–Crippen LogP) is 15.7. The van der Waals surface area contributed by atoms with Gasteiger partial charge in [0.1, 0.15) is 11.5 Å². The topological polar surface area (TPSA) is 18.5 Å². The molecule has 0 bridgehead atoms. The van der Waals surface area contributed by atoms with E-state index in [1.54, 1.807) is 12.1 Å². The smallest absolute Gasteiger partial charge is 0.411 e. The van der Waals surface area contributed by atoms with Gasteiger partial charge >= 0.3 is 12.7 Å². The number of hydrogen-bond donors (Lipinski definition) is 0. The number of rotatable bonds is 10. The maximum absolute atomic E-state index is 12.7. The van der Waals surface area contributed by atoms with E-state index in [9.17, 15) is 26.3 Å². The lowest BCUT2D eigenvalue weighted by Gasteiger charge is -2.16. The minimum Gasteiger partial charge on any atom is -0.411 e. The van der Waals surface area contributed by atoms with E-state index in [2.05, 4.69) is 138 Å². The van der Waals surface area contributed by atoms with Crippen molar-refractivity contribution in [1.82, 2.24) is 0 Å². The van der Waals surface area contributed by atoms with Crippen molar-refractivity contribution in [3.63, 3.8) is 0 Å². The zero-order chi connectivity index (χ0) is 39.5. The Labute approximate surface area is 377 Å². The van der Waals surface area contributed by atoms with Crippen LogP contribution in [0.15, 0.2) is 119 Å². The number of hydrogen-bond acceptors (Lipinski definition) is 2. The van der Waals surface area contributed by atoms with Gasteiger partial charge in [0.25, 0.3) is 0 Å². The second kappa shape index (κ2) is 18.2. The van der Waals surface area contributed by atoms with E-state index in [1.807, 2.05) is 71.1 Å². The molecule has 5 aromatic carbocycles. The molecule has 2 nitrogen and oxygen atoms in total. The van der Waals surface area contributed by atoms with Gasteiger partial charge in [0.05, 0.1) is 0 Å². The molecule has 0 amide bonds. The molecule has 0 saturated heterocycles. The molecule has 0 radical (unpaired) electrons. The lowest BCUT2D eigenvalue weighted by Crippen LogP contribution is -2.17. The summed E-state index contributed by atoms with van der Waals surface area (Å²) in [5.74, 6) is -0.517. The first-order valence-electron chi connectivity index (χ1n) is 15.8. The van der Waals surface area contributed by atoms with E-state index in [0.717, 1.165) is 56.1 Å². The molecule has 0 N–H and O–H groups in total. The van der Waals surface area contributed by atoms with E-state index >= 15 is 0 Å². The van der Waals surface area contributed by atoms with Crippen LogP contribution < -0.4 is 4.74 Å². The number of allylic oxidation sites excluding steroid dienone is 5. The summed E-state index contributed by atoms with van der Waals surface area (Å²) in [4.78, 5) is 0. The third-order valence-electron chi connectivity index (χ3n) is 8.28. The van der Waals surface area contributed by atoms with E-state index in [4.69, 9.17) is 0 Å². The monoisotopic (exact) mass is 1300 g/mol. The first-order valence-corrected chi connectivity index (χ1v) is 21.2. The SMILES string of the molecule is C=C(I)/C(=C\C=C(/C)OC(F)(F)F)c1ccc(-c2ccc(Cc3ccc(-c4ccc(-c5ccc(OC(F)(F)F)cc5I)cc4)c(I)c3I)c(C)c2I)cc1. The average Bonchev–Trinajstić information content (AvgIpc) is 3.08. The highest BCUT2D eigenvalue weighted by molar-refractivity contribution is 14.1. The van der Waals surface area contributed by atoms with Gasteiger partial charge in [-0.05, 0) is 219 Å². The molecule has 0 saturated carbocycles. The largest absolute Gasteiger partial charge is 0.573 e. The molecule has 280 valence electrons. The maximum atomic E-state index is 12.7. The van der Waals surface area contributed by atoms with Crippen LogP contribution in [0, 0.1) is 21.2 Å². The molecule has 0 fully saturated rings. The fraction of sp³-hybridized carbons (Fsp3) is 0.122. The molecule has 0 aromatic heterocycles. The normalized spacial score (nSPS) is 12.5. The van der Waals surface area contributed by atoms with Crippen LogP contribution >= 0.6 is 113 Å². The Morgan fingerprint density at radius 3 is 1.70 bits per heavy atom. The summed E-state index contributed by atoms with van der Waals surface area (Å²) in [6, 6.07) is 28.8. The van der Waals surface area contributed by atoms with Gasteiger partial charge in [-0.3, -0.25) is 0 Å². The molecule has 0 spiro atoms. The minimum atomic E-state index is -4.75. The van der Waals surface area contributed by atoms with Crippen LogP contribution in [0.25, 0.3) is 39.0 Å². The van der Waals surface area contributed by atoms with Crippen molar-refractivity contribution in [1.29, 1.82) is 0 Å². The highest BCUT2D eigenvalue weighted by Gasteiger charge is 2.32. The van der Waals surface area contributed by atoms with Crippen molar-refractivity contribution < 1.29 is 35.8 Å². The van der Waals surface area contributed by atoms with E-state index in [1.165, 1.54) is 41.8 Å². The fourth-order valence-corrected chi connectivity index (χ4v) is 9.27. The van der Waals surface area contributed by atoms with Crippen LogP contribution in [0.2, 0.25) is 0 Å². The zero-order valence-corrected chi connectivity index (χ0v) is 39.0. The first kappa shape index (κ1) is 43.3. The Balaban J connectivity index is 1.33. The standard InChI is InChI=1S/C41H27F6I5O2/c1-22(53-40(42,43)44)4-16-32(24(3)48)25-5-9-27(10-6-25)34-17-13-29(23(2)37(34)50)20-30-14-18-35(39(52)38(30)51)28-11-7-26(8-12-28)33-19-15-31(21-36(33)49)54-41(45,46)47/h4-19,21H,3,20H2,1-2H3/b22-4+,32-16+. The Hall–Kier alpha value is -1.85. The molecule has 0 atom stereocenters. The van der Waals surface area contributed by atoms with Crippen molar-refractivity contribution in [2.24, 2.45) is 0 Å². The second-order valence-corrected chi connectivity index (χ2v) is 17.6. The zero-order valence-electron chi connectivity index (χ0n) is 28.2. The highest BCUT2D eigenvalue weighted by atomic mass is 127. The molecule has 13 heteroatoms. The third-order valence-corrected chi connectivity index (χ3v) is 14.5. The first-order chi connectivity index (χ1) is 25.3. The lowest BCUT2D eigenvalue weighted by molar-refractivity contribution is -0.305. The van der Waals surface area contributed by atoms with Crippen LogP contribution in [-0.4, -0.2) is 12.7 Å². The molecule has 54 heavy (non-hydrogen) atoms. The Morgan fingerprint density at radius 2 is 1.17 bits per heavy atom. The van der Waals surface area contributed by atoms with Crippen molar-refractivity contribution in [3.8, 4) is 39.1 Å². The number of benzene rings is 5. The Kier molecular flexibility index (Phi) is 14.6. The molecule has 0 aliphatic heterocycles. The molecule has 0 heterocycles. The van der Waals surface area contributed by atoms with Gasteiger partial charge in [0, 0.05) is 17.9 Å². The molecule has 5 rings (SSSR count). The summed E-state index contributed by atoms with van der Waals surface area (Å²) < 4.78 is 88.5. The van der Waals surface area contributed by atoms with Crippen molar-refractivity contribution in [2.45, 2.75) is 33.0 Å². The van der Waals surface area contributed by atoms with E-state index in [0.29, 0.717) is 12.7 Å². The van der Waals surface area contributed by atoms with Gasteiger partial charge in [0.2, 0.25) is 0 Å². The summed E-state index contributed by atoms with van der Waals surface area (Å²) in [7, 11) is 0. The van der Waals surface area contributed by atoms with Gasteiger partial charge < -0.3 is 9.47 Å². The van der Waals surface area contributed by atoms with Gasteiger partial charge in [0.15, 0.2) is 0 Å². The Bertz CT molecular complexity index is 2260. The van der Waals surface area contributed by atoms with Crippen molar-refractivity contribution >= 4 is 119 Å². The predicted molar refractivity (Wildman–Crippen MR) is 246 cm³/mol. The van der Waals surface area contributed by atoms with Crippen LogP contribution in [0.1, 0.15) is 29.2 Å². The molecule has 0 unspecified atom stereocenters. The summed E-state index contributed by atoms with van der Waals surface area (Å²) in [6.07, 6.45) is -5.88. The third kappa shape index (κ3) is 11.2. The number of alkyl halides is 6. The Morgan fingerprint density at radius 1 is 0.648 bits per heavy atom. The minimum absolute atomic E-state index is 0.249. The van der Waals surface area contributed by atoms with E-state index < -0.39 is 12.7 Å².